The van der Waals surface area contributed by atoms with E-state index in [0.717, 1.165) is 24.8 Å². The maximum absolute atomic E-state index is 13.4. The van der Waals surface area contributed by atoms with Crippen LogP contribution in [-0.4, -0.2) is 43.0 Å². The second kappa shape index (κ2) is 7.08. The van der Waals surface area contributed by atoms with Crippen LogP contribution in [0.1, 0.15) is 68.3 Å². The quantitative estimate of drug-likeness (QED) is 0.822. The summed E-state index contributed by atoms with van der Waals surface area (Å²) in [5, 5.41) is 3.25. The van der Waals surface area contributed by atoms with E-state index in [1.165, 1.54) is 19.3 Å². The number of carbonyl (C=O) groups excluding carboxylic acids is 2. The molecule has 1 saturated heterocycles. The summed E-state index contributed by atoms with van der Waals surface area (Å²) in [4.78, 5) is 27.8. The smallest absolute Gasteiger partial charge is 0.254 e. The molecule has 1 aliphatic heterocycles. The summed E-state index contributed by atoms with van der Waals surface area (Å²) in [6, 6.07) is 7.70. The van der Waals surface area contributed by atoms with Crippen molar-refractivity contribution in [1.82, 2.24) is 10.2 Å². The van der Waals surface area contributed by atoms with E-state index in [9.17, 15) is 9.59 Å². The van der Waals surface area contributed by atoms with Gasteiger partial charge in [-0.15, -0.1) is 0 Å². The largest absolute Gasteiger partial charge is 0.378 e. The Morgan fingerprint density at radius 2 is 1.63 bits per heavy atom. The van der Waals surface area contributed by atoms with Crippen molar-refractivity contribution in [3.63, 3.8) is 0 Å². The van der Waals surface area contributed by atoms with Gasteiger partial charge in [-0.25, -0.2) is 0 Å². The number of hydrogen-bond donors (Lipinski definition) is 1. The van der Waals surface area contributed by atoms with Gasteiger partial charge in [-0.05, 0) is 73.0 Å². The van der Waals surface area contributed by atoms with Crippen LogP contribution in [0.25, 0.3) is 0 Å². The maximum Gasteiger partial charge on any atom is 0.254 e. The monoisotopic (exact) mass is 410 g/mol. The standard InChI is InChI=1S/C25H34N2O3/c1-23-11-19-12-24(2,15-23)17-25(13-19,16-23)22(29)26-14-18-3-5-20(6-4-18)21(28)27-7-9-30-10-8-27/h3-6,19H,7-17H2,1-2H3,(H,26,29)/t19?,23-,24+,25?. The van der Waals surface area contributed by atoms with Crippen LogP contribution in [0.5, 0.6) is 0 Å². The Morgan fingerprint density at radius 1 is 1.00 bits per heavy atom. The van der Waals surface area contributed by atoms with E-state index in [2.05, 4.69) is 19.2 Å². The Bertz CT molecular complexity index is 824. The molecule has 0 aromatic heterocycles. The second-order valence-corrected chi connectivity index (χ2v) is 11.2. The third-order valence-corrected chi connectivity index (χ3v) is 8.06. The van der Waals surface area contributed by atoms with Crippen LogP contribution in [0.4, 0.5) is 0 Å². The molecule has 5 aliphatic rings. The van der Waals surface area contributed by atoms with Gasteiger partial charge in [0.05, 0.1) is 18.6 Å². The molecule has 1 heterocycles. The minimum absolute atomic E-state index is 0.0592. The molecule has 2 unspecified atom stereocenters. The van der Waals surface area contributed by atoms with Gasteiger partial charge >= 0.3 is 0 Å². The molecule has 6 rings (SSSR count). The molecule has 4 saturated carbocycles. The molecule has 30 heavy (non-hydrogen) atoms. The summed E-state index contributed by atoms with van der Waals surface area (Å²) in [6.45, 7) is 7.86. The zero-order chi connectivity index (χ0) is 21.0. The van der Waals surface area contributed by atoms with Crippen LogP contribution in [0.3, 0.4) is 0 Å². The molecule has 4 bridgehead atoms. The molecule has 1 aromatic carbocycles. The first-order chi connectivity index (χ1) is 14.3. The lowest BCUT2D eigenvalue weighted by Gasteiger charge is -2.64. The van der Waals surface area contributed by atoms with Crippen LogP contribution < -0.4 is 5.32 Å². The number of hydrogen-bond acceptors (Lipinski definition) is 3. The van der Waals surface area contributed by atoms with Gasteiger partial charge in [-0.3, -0.25) is 9.59 Å². The van der Waals surface area contributed by atoms with Crippen molar-refractivity contribution in [3.05, 3.63) is 35.4 Å². The Hall–Kier alpha value is -1.88. The third kappa shape index (κ3) is 3.55. The minimum Gasteiger partial charge on any atom is -0.378 e. The van der Waals surface area contributed by atoms with Crippen molar-refractivity contribution in [3.8, 4) is 0 Å². The molecule has 2 amide bonds. The average molecular weight is 411 g/mol. The average Bonchev–Trinajstić information content (AvgIpc) is 2.70. The topological polar surface area (TPSA) is 58.6 Å². The highest BCUT2D eigenvalue weighted by Crippen LogP contribution is 2.69. The number of carbonyl (C=O) groups is 2. The molecular formula is C25H34N2O3. The van der Waals surface area contributed by atoms with Crippen LogP contribution in [-0.2, 0) is 16.1 Å². The molecule has 4 atom stereocenters. The maximum atomic E-state index is 13.4. The van der Waals surface area contributed by atoms with E-state index in [1.54, 1.807) is 0 Å². The fraction of sp³-hybridized carbons (Fsp3) is 0.680. The lowest BCUT2D eigenvalue weighted by Crippen LogP contribution is -2.59. The first-order valence-electron chi connectivity index (χ1n) is 11.5. The van der Waals surface area contributed by atoms with Crippen LogP contribution in [0.15, 0.2) is 24.3 Å². The molecule has 0 spiro atoms. The van der Waals surface area contributed by atoms with Crippen molar-refractivity contribution in [2.75, 3.05) is 26.3 Å². The van der Waals surface area contributed by atoms with Gasteiger partial charge in [0.15, 0.2) is 0 Å². The number of rotatable bonds is 4. The highest BCUT2D eigenvalue weighted by atomic mass is 16.5. The zero-order valence-corrected chi connectivity index (χ0v) is 18.3. The number of morpholine rings is 1. The SMILES string of the molecule is C[C@]12CC3CC(C(=O)NCc4ccc(C(=O)N5CCOCC5)cc4)(C1)C[C@@](C)(C3)C2. The van der Waals surface area contributed by atoms with Gasteiger partial charge in [0.2, 0.25) is 5.91 Å². The zero-order valence-electron chi connectivity index (χ0n) is 18.3. The molecule has 5 heteroatoms. The lowest BCUT2D eigenvalue weighted by molar-refractivity contribution is -0.170. The number of nitrogens with one attached hydrogen (secondary N) is 1. The van der Waals surface area contributed by atoms with Crippen molar-refractivity contribution < 1.29 is 14.3 Å². The predicted molar refractivity (Wildman–Crippen MR) is 115 cm³/mol. The fourth-order valence-corrected chi connectivity index (χ4v) is 7.78. The molecule has 1 N–H and O–H groups in total. The highest BCUT2D eigenvalue weighted by molar-refractivity contribution is 5.94. The summed E-state index contributed by atoms with van der Waals surface area (Å²) in [6.07, 6.45) is 7.05. The van der Waals surface area contributed by atoms with Gasteiger partial charge in [0.25, 0.3) is 5.91 Å². The van der Waals surface area contributed by atoms with Gasteiger partial charge in [0.1, 0.15) is 0 Å². The Balaban J connectivity index is 1.22. The van der Waals surface area contributed by atoms with Crippen LogP contribution in [0.2, 0.25) is 0 Å². The minimum atomic E-state index is -0.171. The first-order valence-corrected chi connectivity index (χ1v) is 11.5. The number of benzene rings is 1. The molecule has 4 aliphatic carbocycles. The molecule has 1 aromatic rings. The number of amides is 2. The van der Waals surface area contributed by atoms with E-state index in [-0.39, 0.29) is 17.2 Å². The Morgan fingerprint density at radius 3 is 2.23 bits per heavy atom. The number of ether oxygens (including phenoxy) is 1. The van der Waals surface area contributed by atoms with E-state index >= 15 is 0 Å². The molecule has 5 fully saturated rings. The molecule has 162 valence electrons. The molecular weight excluding hydrogens is 376 g/mol. The summed E-state index contributed by atoms with van der Waals surface area (Å²) < 4.78 is 5.32. The van der Waals surface area contributed by atoms with E-state index in [1.807, 2.05) is 29.2 Å². The highest BCUT2D eigenvalue weighted by Gasteiger charge is 2.62. The van der Waals surface area contributed by atoms with Gasteiger partial charge in [0, 0.05) is 25.2 Å². The van der Waals surface area contributed by atoms with Crippen molar-refractivity contribution in [2.45, 2.75) is 58.9 Å². The lowest BCUT2D eigenvalue weighted by atomic mass is 9.40. The Kier molecular flexibility index (Phi) is 4.73. The molecule has 0 radical (unpaired) electrons. The number of nitrogens with zero attached hydrogens (tertiary/aromatic N) is 1. The van der Waals surface area contributed by atoms with E-state index in [0.29, 0.717) is 55.2 Å². The predicted octanol–water partition coefficient (Wildman–Crippen LogP) is 3.77. The summed E-state index contributed by atoms with van der Waals surface area (Å²) in [5.74, 6) is 1.02. The first kappa shape index (κ1) is 20.0. The van der Waals surface area contributed by atoms with Crippen molar-refractivity contribution >= 4 is 11.8 Å². The summed E-state index contributed by atoms with van der Waals surface area (Å²) in [5.41, 5.74) is 2.26. The van der Waals surface area contributed by atoms with E-state index < -0.39 is 0 Å². The fourth-order valence-electron chi connectivity index (χ4n) is 7.78. The Labute approximate surface area is 179 Å². The molecule has 5 nitrogen and oxygen atoms in total. The van der Waals surface area contributed by atoms with Crippen molar-refractivity contribution in [1.29, 1.82) is 0 Å². The summed E-state index contributed by atoms with van der Waals surface area (Å²) >= 11 is 0. The third-order valence-electron chi connectivity index (χ3n) is 8.06. The van der Waals surface area contributed by atoms with Gasteiger partial charge in [-0.1, -0.05) is 26.0 Å². The summed E-state index contributed by atoms with van der Waals surface area (Å²) in [7, 11) is 0. The second-order valence-electron chi connectivity index (χ2n) is 11.2. The normalized spacial score (nSPS) is 37.3. The van der Waals surface area contributed by atoms with Crippen molar-refractivity contribution in [2.24, 2.45) is 22.2 Å². The van der Waals surface area contributed by atoms with Gasteiger partial charge < -0.3 is 15.0 Å². The van der Waals surface area contributed by atoms with E-state index in [4.69, 9.17) is 4.74 Å². The van der Waals surface area contributed by atoms with Crippen LogP contribution >= 0.6 is 0 Å². The van der Waals surface area contributed by atoms with Crippen LogP contribution in [0, 0.1) is 22.2 Å². The van der Waals surface area contributed by atoms with Gasteiger partial charge in [-0.2, -0.15) is 0 Å².